The maximum atomic E-state index is 13.5. The van der Waals surface area contributed by atoms with Crippen molar-refractivity contribution in [3.63, 3.8) is 0 Å². The second-order valence-corrected chi connectivity index (χ2v) is 11.4. The largest absolute Gasteiger partial charge is 0.496 e. The number of ether oxygens (including phenoxy) is 1. The summed E-state index contributed by atoms with van der Waals surface area (Å²) in [5.74, 6) is -0.750. The van der Waals surface area contributed by atoms with Crippen LogP contribution in [0.15, 0.2) is 35.1 Å². The molecule has 0 radical (unpaired) electrons. The first-order valence-electron chi connectivity index (χ1n) is 13.7. The highest BCUT2D eigenvalue weighted by Gasteiger charge is 2.54. The summed E-state index contributed by atoms with van der Waals surface area (Å²) in [5, 5.41) is 3.63. The number of carbonyl (C=O) groups excluding carboxylic acids is 2. The summed E-state index contributed by atoms with van der Waals surface area (Å²) in [4.78, 5) is 42.8. The fraction of sp³-hybridized carbons (Fsp3) is 0.500. The van der Waals surface area contributed by atoms with Gasteiger partial charge in [-0.25, -0.2) is 0 Å². The number of piperidine rings is 1. The third-order valence-electron chi connectivity index (χ3n) is 8.42. The summed E-state index contributed by atoms with van der Waals surface area (Å²) in [6, 6.07) is 9.19. The number of H-pyrrole nitrogens is 1. The predicted molar refractivity (Wildman–Crippen MR) is 150 cm³/mol. The number of nitrogens with zero attached hydrogens (tertiary/aromatic N) is 2. The number of fused-ring (bicyclic) bond motifs is 1. The quantitative estimate of drug-likeness (QED) is 0.402. The first kappa shape index (κ1) is 30.2. The van der Waals surface area contributed by atoms with Crippen LogP contribution in [0, 0.1) is 25.2 Å². The van der Waals surface area contributed by atoms with Crippen LogP contribution in [0.3, 0.4) is 0 Å². The molecule has 1 atom stereocenters. The molecule has 3 heterocycles. The van der Waals surface area contributed by atoms with Crippen molar-refractivity contribution in [3.8, 4) is 5.75 Å². The van der Waals surface area contributed by atoms with Crippen LogP contribution in [0.4, 0.5) is 13.2 Å². The highest BCUT2D eigenvalue weighted by atomic mass is 19.4. The van der Waals surface area contributed by atoms with Crippen LogP contribution in [0.25, 0.3) is 10.9 Å². The molecule has 4 rings (SSSR count). The number of nitrogens with one attached hydrogen (secondary N) is 2. The molecule has 1 saturated heterocycles. The molecule has 222 valence electrons. The first-order valence-corrected chi connectivity index (χ1v) is 13.7. The average molecular weight is 575 g/mol. The van der Waals surface area contributed by atoms with Crippen LogP contribution in [0.1, 0.15) is 67.0 Å². The van der Waals surface area contributed by atoms with Crippen LogP contribution in [-0.4, -0.2) is 52.6 Å². The number of halogens is 3. The monoisotopic (exact) mass is 574 g/mol. The van der Waals surface area contributed by atoms with E-state index in [1.807, 2.05) is 38.1 Å². The Labute approximate surface area is 236 Å². The summed E-state index contributed by atoms with van der Waals surface area (Å²) in [5.41, 5.74) is 0.301. The normalized spacial score (nSPS) is 15.7. The maximum absolute atomic E-state index is 13.5. The van der Waals surface area contributed by atoms with Gasteiger partial charge in [0.15, 0.2) is 0 Å². The maximum Gasteiger partial charge on any atom is 0.402 e. The van der Waals surface area contributed by atoms with Gasteiger partial charge in [0.05, 0.1) is 24.8 Å². The van der Waals surface area contributed by atoms with Gasteiger partial charge in [0, 0.05) is 41.4 Å². The highest BCUT2D eigenvalue weighted by molar-refractivity contribution is 6.08. The Balaban J connectivity index is 1.56. The van der Waals surface area contributed by atoms with Crippen LogP contribution >= 0.6 is 0 Å². The van der Waals surface area contributed by atoms with Gasteiger partial charge in [-0.1, -0.05) is 18.2 Å². The van der Waals surface area contributed by atoms with Crippen molar-refractivity contribution in [1.29, 1.82) is 0 Å². The topological polar surface area (TPSA) is 96.4 Å². The number of aryl methyl sites for hydroxylation is 1. The Kier molecular flexibility index (Phi) is 8.29. The number of carbonyl (C=O) groups is 2. The highest BCUT2D eigenvalue weighted by Crippen LogP contribution is 2.41. The van der Waals surface area contributed by atoms with E-state index < -0.39 is 17.5 Å². The van der Waals surface area contributed by atoms with Gasteiger partial charge in [-0.05, 0) is 65.5 Å². The van der Waals surface area contributed by atoms with Crippen molar-refractivity contribution in [1.82, 2.24) is 19.8 Å². The van der Waals surface area contributed by atoms with E-state index in [9.17, 15) is 27.6 Å². The summed E-state index contributed by atoms with van der Waals surface area (Å²) in [6.07, 6.45) is -3.53. The van der Waals surface area contributed by atoms with Crippen LogP contribution in [-0.2, 0) is 11.3 Å². The van der Waals surface area contributed by atoms with Crippen LogP contribution in [0.2, 0.25) is 0 Å². The smallest absolute Gasteiger partial charge is 0.402 e. The van der Waals surface area contributed by atoms with E-state index >= 15 is 0 Å². The number of aromatic nitrogens is 2. The number of hydrogen-bond donors (Lipinski definition) is 2. The Hall–Kier alpha value is -3.76. The second-order valence-electron chi connectivity index (χ2n) is 11.4. The molecule has 2 N–H and O–H groups in total. The van der Waals surface area contributed by atoms with Crippen molar-refractivity contribution >= 4 is 22.7 Å². The molecule has 1 aliphatic rings. The minimum atomic E-state index is -4.62. The van der Waals surface area contributed by atoms with E-state index in [4.69, 9.17) is 4.74 Å². The summed E-state index contributed by atoms with van der Waals surface area (Å²) in [7, 11) is 1.47. The number of amides is 2. The van der Waals surface area contributed by atoms with Crippen LogP contribution < -0.4 is 15.6 Å². The minimum Gasteiger partial charge on any atom is -0.496 e. The van der Waals surface area contributed by atoms with Crippen molar-refractivity contribution in [2.75, 3.05) is 20.2 Å². The molecule has 0 saturated carbocycles. The van der Waals surface area contributed by atoms with Crippen molar-refractivity contribution in [3.05, 3.63) is 63.2 Å². The number of pyridine rings is 1. The molecule has 11 heteroatoms. The average Bonchev–Trinajstić information content (AvgIpc) is 3.22. The lowest BCUT2D eigenvalue weighted by atomic mass is 9.86. The molecule has 1 aliphatic heterocycles. The fourth-order valence-electron chi connectivity index (χ4n) is 5.81. The molecule has 8 nitrogen and oxygen atoms in total. The van der Waals surface area contributed by atoms with E-state index in [0.717, 1.165) is 30.4 Å². The predicted octanol–water partition coefficient (Wildman–Crippen LogP) is 5.27. The molecule has 3 aromatic rings. The Morgan fingerprint density at radius 1 is 1.15 bits per heavy atom. The van der Waals surface area contributed by atoms with E-state index in [1.165, 1.54) is 12.0 Å². The summed E-state index contributed by atoms with van der Waals surface area (Å²) in [6.45, 7) is 7.98. The number of aromatic amines is 1. The van der Waals surface area contributed by atoms with Gasteiger partial charge in [0.25, 0.3) is 11.5 Å². The number of para-hydroxylation sites is 1. The molecule has 0 aliphatic carbocycles. The van der Waals surface area contributed by atoms with E-state index in [2.05, 4.69) is 14.9 Å². The molecule has 0 spiro atoms. The molecule has 41 heavy (non-hydrogen) atoms. The lowest BCUT2D eigenvalue weighted by Crippen LogP contribution is -2.51. The zero-order valence-corrected chi connectivity index (χ0v) is 24.2. The third-order valence-corrected chi connectivity index (χ3v) is 8.42. The lowest BCUT2D eigenvalue weighted by Gasteiger charge is -2.39. The Morgan fingerprint density at radius 3 is 2.39 bits per heavy atom. The van der Waals surface area contributed by atoms with Crippen LogP contribution in [0.5, 0.6) is 5.75 Å². The summed E-state index contributed by atoms with van der Waals surface area (Å²) < 4.78 is 47.8. The first-order chi connectivity index (χ1) is 19.2. The zero-order valence-electron chi connectivity index (χ0n) is 24.2. The minimum absolute atomic E-state index is 0.0209. The number of hydrogen-bond acceptors (Lipinski definition) is 4. The second kappa shape index (κ2) is 11.3. The molecule has 1 fully saturated rings. The molecule has 2 amide bonds. The molecule has 0 bridgehead atoms. The number of benzene rings is 1. The Morgan fingerprint density at radius 2 is 1.78 bits per heavy atom. The van der Waals surface area contributed by atoms with Crippen molar-refractivity contribution in [2.24, 2.45) is 11.3 Å². The van der Waals surface area contributed by atoms with E-state index in [1.54, 1.807) is 13.0 Å². The number of methoxy groups -OCH3 is 1. The molecule has 2 aromatic heterocycles. The molecular weight excluding hydrogens is 537 g/mol. The van der Waals surface area contributed by atoms with E-state index in [0.29, 0.717) is 35.4 Å². The number of alkyl halides is 3. The van der Waals surface area contributed by atoms with Gasteiger partial charge in [0.1, 0.15) is 11.2 Å². The Bertz CT molecular complexity index is 1510. The van der Waals surface area contributed by atoms with E-state index in [-0.39, 0.29) is 43.1 Å². The van der Waals surface area contributed by atoms with Crippen molar-refractivity contribution < 1.29 is 27.5 Å². The van der Waals surface area contributed by atoms with Gasteiger partial charge in [0.2, 0.25) is 5.91 Å². The summed E-state index contributed by atoms with van der Waals surface area (Å²) >= 11 is 0. The van der Waals surface area contributed by atoms with Gasteiger partial charge in [-0.3, -0.25) is 14.4 Å². The van der Waals surface area contributed by atoms with Crippen molar-refractivity contribution in [2.45, 2.75) is 66.2 Å². The molecular formula is C30H37F3N4O4. The SMILES string of the molecule is COc1cc(C)[nH]c(=O)c1CNC(=O)c1c(C)n(C(C)C2CCN(C(=O)C(C)(C)C(F)(F)F)CC2)c2ccccc12. The number of likely N-dealkylation sites (tertiary alicyclic amines) is 1. The van der Waals surface area contributed by atoms with Gasteiger partial charge < -0.3 is 24.5 Å². The zero-order chi connectivity index (χ0) is 30.3. The van der Waals surface area contributed by atoms with Gasteiger partial charge in [-0.15, -0.1) is 0 Å². The van der Waals surface area contributed by atoms with Gasteiger partial charge in [-0.2, -0.15) is 13.2 Å². The van der Waals surface area contributed by atoms with Gasteiger partial charge >= 0.3 is 6.18 Å². The molecule has 1 unspecified atom stereocenters. The number of rotatable bonds is 7. The third kappa shape index (κ3) is 5.58. The molecule has 1 aromatic carbocycles. The standard InChI is InChI=1S/C30H37F3N4O4/c1-17-15-24(41-6)22(26(38)35-17)16-34-27(39)25-19(3)37(23-10-8-7-9-21(23)25)18(2)20-11-13-36(14-12-20)28(40)29(4,5)30(31,32)33/h7-10,15,18,20H,11-14,16H2,1-6H3,(H,34,39)(H,35,38). The lowest BCUT2D eigenvalue weighted by molar-refractivity contribution is -0.217. The fourth-order valence-corrected chi connectivity index (χ4v) is 5.81.